The third-order valence-electron chi connectivity index (χ3n) is 6.29. The number of fused-ring (bicyclic) bond motifs is 2. The Bertz CT molecular complexity index is 1400. The zero-order chi connectivity index (χ0) is 25.3. The van der Waals surface area contributed by atoms with Crippen molar-refractivity contribution in [1.82, 2.24) is 5.32 Å². The maximum atomic E-state index is 12.5. The third kappa shape index (κ3) is 7.73. The molecule has 0 heterocycles. The quantitative estimate of drug-likeness (QED) is 0.330. The standard InChI is InChI=1S/C19H21N3O3S.C10H8.ClH/c20-12-13-6-8-16-15(10-13)7-9-17(16)21-19(23)11-18(22-26(24)25)14-4-2-1-3-5-14;1-2-6-10-8-4-3-7-9(10)5-1;/h1-6,8,10,17-18H,7,9,11-12,20H2,(H,21,23);1-8H;1H. The number of nitrogens with one attached hydrogen (secondary N) is 1. The molecule has 8 heteroatoms. The summed E-state index contributed by atoms with van der Waals surface area (Å²) in [6, 6.07) is 31.0. The Morgan fingerprint density at radius 2 is 1.51 bits per heavy atom. The normalized spacial score (nSPS) is 14.4. The highest BCUT2D eigenvalue weighted by atomic mass is 35.5. The minimum Gasteiger partial charge on any atom is -0.349 e. The third-order valence-corrected chi connectivity index (χ3v) is 6.72. The van der Waals surface area contributed by atoms with Crippen LogP contribution in [0.4, 0.5) is 0 Å². The number of benzene rings is 4. The Labute approximate surface area is 225 Å². The highest BCUT2D eigenvalue weighted by Crippen LogP contribution is 2.32. The molecule has 1 aliphatic rings. The van der Waals surface area contributed by atoms with Crippen LogP contribution in [0.3, 0.4) is 0 Å². The second kappa shape index (κ2) is 13.7. The summed E-state index contributed by atoms with van der Waals surface area (Å²) in [4.78, 5) is 12.5. The average Bonchev–Trinajstić information content (AvgIpc) is 3.30. The second-order valence-electron chi connectivity index (χ2n) is 8.70. The van der Waals surface area contributed by atoms with Gasteiger partial charge in [-0.05, 0) is 45.9 Å². The van der Waals surface area contributed by atoms with Gasteiger partial charge in [0.15, 0.2) is 0 Å². The summed E-state index contributed by atoms with van der Waals surface area (Å²) in [6.07, 6.45) is 1.71. The van der Waals surface area contributed by atoms with Crippen LogP contribution in [0.25, 0.3) is 10.8 Å². The van der Waals surface area contributed by atoms with Crippen LogP contribution >= 0.6 is 12.4 Å². The van der Waals surface area contributed by atoms with Crippen LogP contribution in [0, 0.1) is 0 Å². The number of aryl methyl sites for hydroxylation is 1. The highest BCUT2D eigenvalue weighted by molar-refractivity contribution is 7.61. The molecule has 0 saturated carbocycles. The van der Waals surface area contributed by atoms with Gasteiger partial charge >= 0.3 is 10.5 Å². The van der Waals surface area contributed by atoms with E-state index in [1.165, 1.54) is 16.3 Å². The highest BCUT2D eigenvalue weighted by Gasteiger charge is 2.25. The van der Waals surface area contributed by atoms with Gasteiger partial charge in [0.05, 0.1) is 12.5 Å². The fourth-order valence-corrected chi connectivity index (χ4v) is 4.91. The van der Waals surface area contributed by atoms with Crippen molar-refractivity contribution in [3.8, 4) is 0 Å². The fraction of sp³-hybridized carbons (Fsp3) is 0.207. The first-order valence-corrected chi connectivity index (χ1v) is 13.0. The Hall–Kier alpha value is -3.52. The molecule has 0 aromatic heterocycles. The first-order chi connectivity index (χ1) is 17.5. The summed E-state index contributed by atoms with van der Waals surface area (Å²) in [5.74, 6) is -0.214. The van der Waals surface area contributed by atoms with Crippen LogP contribution in [0.2, 0.25) is 0 Å². The molecule has 5 rings (SSSR count). The van der Waals surface area contributed by atoms with Gasteiger partial charge in [-0.2, -0.15) is 12.8 Å². The van der Waals surface area contributed by atoms with Gasteiger partial charge < -0.3 is 11.1 Å². The van der Waals surface area contributed by atoms with Crippen molar-refractivity contribution in [3.05, 3.63) is 119 Å². The van der Waals surface area contributed by atoms with Crippen molar-refractivity contribution in [1.29, 1.82) is 0 Å². The average molecular weight is 536 g/mol. The Kier molecular flexibility index (Phi) is 10.4. The van der Waals surface area contributed by atoms with Crippen molar-refractivity contribution >= 4 is 39.6 Å². The van der Waals surface area contributed by atoms with E-state index in [2.05, 4.69) is 64.3 Å². The van der Waals surface area contributed by atoms with E-state index in [-0.39, 0.29) is 30.8 Å². The Morgan fingerprint density at radius 3 is 2.08 bits per heavy atom. The van der Waals surface area contributed by atoms with E-state index in [0.29, 0.717) is 12.1 Å². The first kappa shape index (κ1) is 28.1. The van der Waals surface area contributed by atoms with Crippen molar-refractivity contribution in [2.24, 2.45) is 10.1 Å². The molecular weight excluding hydrogens is 506 g/mol. The molecule has 0 spiro atoms. The lowest BCUT2D eigenvalue weighted by atomic mass is 10.0. The number of amides is 1. The van der Waals surface area contributed by atoms with Crippen molar-refractivity contribution in [2.75, 3.05) is 0 Å². The van der Waals surface area contributed by atoms with Crippen LogP contribution < -0.4 is 11.1 Å². The monoisotopic (exact) mass is 535 g/mol. The number of carbonyl (C=O) groups is 1. The van der Waals surface area contributed by atoms with E-state index < -0.39 is 16.5 Å². The summed E-state index contributed by atoms with van der Waals surface area (Å²) < 4.78 is 25.7. The number of halogens is 1. The summed E-state index contributed by atoms with van der Waals surface area (Å²) in [5.41, 5.74) is 9.78. The Balaban J connectivity index is 0.000000288. The van der Waals surface area contributed by atoms with Gasteiger partial charge in [0.25, 0.3) is 0 Å². The summed E-state index contributed by atoms with van der Waals surface area (Å²) >= 11 is 0. The van der Waals surface area contributed by atoms with Crippen LogP contribution in [-0.2, 0) is 28.3 Å². The molecule has 0 bridgehead atoms. The molecule has 192 valence electrons. The van der Waals surface area contributed by atoms with E-state index in [1.54, 1.807) is 24.3 Å². The van der Waals surface area contributed by atoms with E-state index in [1.807, 2.05) is 18.2 Å². The van der Waals surface area contributed by atoms with E-state index in [4.69, 9.17) is 5.73 Å². The number of hydrogen-bond donors (Lipinski definition) is 2. The van der Waals surface area contributed by atoms with Crippen molar-refractivity contribution in [3.63, 3.8) is 0 Å². The van der Waals surface area contributed by atoms with Gasteiger partial charge in [0.2, 0.25) is 5.91 Å². The molecule has 1 amide bonds. The van der Waals surface area contributed by atoms with Gasteiger partial charge in [-0.3, -0.25) is 4.79 Å². The maximum Gasteiger partial charge on any atom is 0.311 e. The van der Waals surface area contributed by atoms with E-state index in [9.17, 15) is 13.2 Å². The molecule has 4 aromatic carbocycles. The second-order valence-corrected chi connectivity index (χ2v) is 9.34. The topological polar surface area (TPSA) is 102 Å². The minimum atomic E-state index is -2.57. The minimum absolute atomic E-state index is 0. The predicted octanol–water partition coefficient (Wildman–Crippen LogP) is 5.70. The molecule has 2 atom stereocenters. The molecule has 37 heavy (non-hydrogen) atoms. The fourth-order valence-electron chi connectivity index (χ4n) is 4.50. The largest absolute Gasteiger partial charge is 0.349 e. The lowest BCUT2D eigenvalue weighted by Gasteiger charge is -2.16. The molecule has 0 radical (unpaired) electrons. The number of nitrogens with zero attached hydrogens (tertiary/aromatic N) is 1. The summed E-state index contributed by atoms with van der Waals surface area (Å²) in [6.45, 7) is 0.497. The predicted molar refractivity (Wildman–Crippen MR) is 150 cm³/mol. The zero-order valence-electron chi connectivity index (χ0n) is 20.3. The summed E-state index contributed by atoms with van der Waals surface area (Å²) in [7, 11) is -2.57. The first-order valence-electron chi connectivity index (χ1n) is 11.9. The van der Waals surface area contributed by atoms with Crippen LogP contribution in [0.1, 0.15) is 47.2 Å². The molecule has 0 saturated heterocycles. The summed E-state index contributed by atoms with van der Waals surface area (Å²) in [5, 5.41) is 5.64. The molecular formula is C29H30ClN3O3S. The van der Waals surface area contributed by atoms with E-state index in [0.717, 1.165) is 24.0 Å². The van der Waals surface area contributed by atoms with Gasteiger partial charge in [0, 0.05) is 6.54 Å². The number of rotatable bonds is 6. The molecule has 3 N–H and O–H groups in total. The van der Waals surface area contributed by atoms with Crippen LogP contribution in [0.15, 0.2) is 101 Å². The van der Waals surface area contributed by atoms with E-state index >= 15 is 0 Å². The smallest absolute Gasteiger partial charge is 0.311 e. The van der Waals surface area contributed by atoms with Gasteiger partial charge in [0.1, 0.15) is 6.04 Å². The van der Waals surface area contributed by atoms with Crippen molar-refractivity contribution < 1.29 is 13.2 Å². The zero-order valence-corrected chi connectivity index (χ0v) is 21.9. The molecule has 4 aromatic rings. The lowest BCUT2D eigenvalue weighted by molar-refractivity contribution is -0.122. The van der Waals surface area contributed by atoms with Crippen LogP contribution in [-0.4, -0.2) is 14.3 Å². The molecule has 2 unspecified atom stereocenters. The van der Waals surface area contributed by atoms with Gasteiger partial charge in [-0.25, -0.2) is 0 Å². The number of hydrogen-bond acceptors (Lipinski definition) is 5. The number of carbonyl (C=O) groups excluding carboxylic acids is 1. The van der Waals surface area contributed by atoms with Gasteiger partial charge in [-0.1, -0.05) is 97.1 Å². The molecule has 1 aliphatic carbocycles. The SMILES string of the molecule is Cl.NCc1ccc2c(c1)CCC2NC(=O)CC(N=S(=O)=O)c1ccccc1.c1ccc2ccccc2c1. The molecule has 0 fully saturated rings. The number of nitrogens with two attached hydrogens (primary N) is 1. The maximum absolute atomic E-state index is 12.5. The molecule has 0 aliphatic heterocycles. The van der Waals surface area contributed by atoms with Crippen LogP contribution in [0.5, 0.6) is 0 Å². The Morgan fingerprint density at radius 1 is 0.919 bits per heavy atom. The lowest BCUT2D eigenvalue weighted by Crippen LogP contribution is -2.28. The van der Waals surface area contributed by atoms with Gasteiger partial charge in [-0.15, -0.1) is 12.4 Å². The van der Waals surface area contributed by atoms with Crippen molar-refractivity contribution in [2.45, 2.75) is 37.9 Å². The molecule has 6 nitrogen and oxygen atoms in total.